The van der Waals surface area contributed by atoms with E-state index in [0.29, 0.717) is 12.2 Å². The van der Waals surface area contributed by atoms with Crippen LogP contribution in [0.5, 0.6) is 5.75 Å². The maximum absolute atomic E-state index is 13.1. The molecule has 1 aromatic heterocycles. The van der Waals surface area contributed by atoms with Crippen LogP contribution in [0.2, 0.25) is 0 Å². The van der Waals surface area contributed by atoms with Gasteiger partial charge in [-0.25, -0.2) is 0 Å². The van der Waals surface area contributed by atoms with Gasteiger partial charge in [-0.2, -0.15) is 0 Å². The number of rotatable bonds is 12. The van der Waals surface area contributed by atoms with Crippen molar-refractivity contribution in [2.24, 2.45) is 0 Å². The Kier molecular flexibility index (Phi) is 9.21. The monoisotopic (exact) mass is 476 g/mol. The third-order valence-corrected chi connectivity index (χ3v) is 7.13. The van der Waals surface area contributed by atoms with Gasteiger partial charge in [0.25, 0.3) is 0 Å². The Morgan fingerprint density at radius 2 is 1.71 bits per heavy atom. The van der Waals surface area contributed by atoms with Crippen LogP contribution in [-0.2, 0) is 11.2 Å². The average Bonchev–Trinajstić information content (AvgIpc) is 3.28. The van der Waals surface area contributed by atoms with Crippen molar-refractivity contribution >= 4 is 22.5 Å². The first-order valence-electron chi connectivity index (χ1n) is 13.2. The minimum Gasteiger partial charge on any atom is -0.508 e. The molecule has 188 valence electrons. The van der Waals surface area contributed by atoms with Crippen molar-refractivity contribution in [3.8, 4) is 5.75 Å². The summed E-state index contributed by atoms with van der Waals surface area (Å²) in [6, 6.07) is 15.6. The lowest BCUT2D eigenvalue weighted by molar-refractivity contribution is -0.119. The molecular formula is C29H40N4O2. The number of amides is 1. The average molecular weight is 477 g/mol. The number of aryl methyl sites for hydroxylation is 1. The molecule has 2 aromatic carbocycles. The Balaban J connectivity index is 1.18. The molecule has 0 bridgehead atoms. The molecule has 6 nitrogen and oxygen atoms in total. The molecule has 1 saturated heterocycles. The molecule has 0 unspecified atom stereocenters. The molecule has 0 aliphatic carbocycles. The van der Waals surface area contributed by atoms with E-state index in [1.54, 1.807) is 6.07 Å². The van der Waals surface area contributed by atoms with E-state index in [9.17, 15) is 9.90 Å². The van der Waals surface area contributed by atoms with Crippen LogP contribution in [0.4, 0.5) is 5.69 Å². The first kappa shape index (κ1) is 25.3. The first-order chi connectivity index (χ1) is 17.1. The minimum atomic E-state index is 0.236. The number of aromatic nitrogens is 1. The van der Waals surface area contributed by atoms with Crippen LogP contribution in [0.25, 0.3) is 10.9 Å². The first-order valence-corrected chi connectivity index (χ1v) is 13.2. The van der Waals surface area contributed by atoms with E-state index in [2.05, 4.69) is 27.9 Å². The number of aromatic amines is 1. The van der Waals surface area contributed by atoms with Crippen molar-refractivity contribution in [2.45, 2.75) is 45.4 Å². The number of hydrogen-bond acceptors (Lipinski definition) is 4. The van der Waals surface area contributed by atoms with Gasteiger partial charge in [0.2, 0.25) is 5.91 Å². The number of H-pyrrole nitrogens is 1. The summed E-state index contributed by atoms with van der Waals surface area (Å²) in [5.74, 6) is 0.556. The lowest BCUT2D eigenvalue weighted by Crippen LogP contribution is -2.47. The van der Waals surface area contributed by atoms with E-state index in [1.165, 1.54) is 5.56 Å². The minimum absolute atomic E-state index is 0.236. The zero-order valence-electron chi connectivity index (χ0n) is 21.1. The second kappa shape index (κ2) is 12.8. The van der Waals surface area contributed by atoms with E-state index in [-0.39, 0.29) is 5.91 Å². The number of benzene rings is 2. The fourth-order valence-electron chi connectivity index (χ4n) is 5.02. The number of phenols is 1. The van der Waals surface area contributed by atoms with Crippen LogP contribution in [0.1, 0.15) is 44.6 Å². The Morgan fingerprint density at radius 3 is 2.46 bits per heavy atom. The fourth-order valence-corrected chi connectivity index (χ4v) is 5.02. The largest absolute Gasteiger partial charge is 0.508 e. The second-order valence-electron chi connectivity index (χ2n) is 9.67. The summed E-state index contributed by atoms with van der Waals surface area (Å²) in [7, 11) is 0. The number of nitrogens with one attached hydrogen (secondary N) is 1. The third kappa shape index (κ3) is 7.09. The van der Waals surface area contributed by atoms with Crippen molar-refractivity contribution in [3.05, 3.63) is 60.3 Å². The number of piperazine rings is 1. The van der Waals surface area contributed by atoms with Crippen molar-refractivity contribution in [3.63, 3.8) is 0 Å². The van der Waals surface area contributed by atoms with E-state index >= 15 is 0 Å². The number of hydrogen-bond donors (Lipinski definition) is 2. The summed E-state index contributed by atoms with van der Waals surface area (Å²) in [5.41, 5.74) is 3.37. The van der Waals surface area contributed by atoms with Gasteiger partial charge in [0, 0.05) is 68.5 Å². The molecule has 2 heterocycles. The van der Waals surface area contributed by atoms with Crippen LogP contribution in [0, 0.1) is 0 Å². The molecule has 1 aliphatic rings. The van der Waals surface area contributed by atoms with Crippen molar-refractivity contribution in [1.29, 1.82) is 0 Å². The highest BCUT2D eigenvalue weighted by Gasteiger charge is 2.20. The molecule has 0 atom stereocenters. The lowest BCUT2D eigenvalue weighted by Gasteiger charge is -2.35. The zero-order valence-corrected chi connectivity index (χ0v) is 21.1. The molecular weight excluding hydrogens is 436 g/mol. The van der Waals surface area contributed by atoms with Crippen molar-refractivity contribution in [1.82, 2.24) is 14.8 Å². The Hall–Kier alpha value is -2.83. The van der Waals surface area contributed by atoms with E-state index < -0.39 is 0 Å². The van der Waals surface area contributed by atoms with Gasteiger partial charge < -0.3 is 24.8 Å². The number of unbranched alkanes of at least 4 members (excludes halogenated alkanes) is 2. The predicted octanol–water partition coefficient (Wildman–Crippen LogP) is 5.04. The summed E-state index contributed by atoms with van der Waals surface area (Å²) in [4.78, 5) is 23.3. The van der Waals surface area contributed by atoms with Gasteiger partial charge in [0.05, 0.1) is 0 Å². The topological polar surface area (TPSA) is 62.8 Å². The summed E-state index contributed by atoms with van der Waals surface area (Å²) >= 11 is 0. The maximum atomic E-state index is 13.1. The van der Waals surface area contributed by atoms with Crippen LogP contribution in [-0.4, -0.2) is 71.6 Å². The highest BCUT2D eigenvalue weighted by atomic mass is 16.3. The third-order valence-electron chi connectivity index (χ3n) is 7.13. The second-order valence-corrected chi connectivity index (χ2v) is 9.67. The standard InChI is InChI=1S/C29H40N4O2/c1-2-3-7-16-33(25-10-5-4-6-11-25)29(35)14-17-32-20-18-31(19-21-32)15-8-9-24-23-30-28-13-12-26(34)22-27(24)28/h4-6,10-13,22-23,30,34H,2-3,7-9,14-21H2,1H3. The van der Waals surface area contributed by atoms with Crippen molar-refractivity contribution in [2.75, 3.05) is 50.7 Å². The van der Waals surface area contributed by atoms with Crippen LogP contribution in [0.15, 0.2) is 54.7 Å². The highest BCUT2D eigenvalue weighted by Crippen LogP contribution is 2.24. The number of fused-ring (bicyclic) bond motifs is 1. The number of para-hydroxylation sites is 1. The van der Waals surface area contributed by atoms with Gasteiger partial charge in [-0.3, -0.25) is 4.79 Å². The summed E-state index contributed by atoms with van der Waals surface area (Å²) in [6.07, 6.45) is 8.12. The quantitative estimate of drug-likeness (QED) is 0.360. The Morgan fingerprint density at radius 1 is 0.971 bits per heavy atom. The molecule has 1 aliphatic heterocycles. The number of carbonyl (C=O) groups is 1. The molecule has 0 radical (unpaired) electrons. The van der Waals surface area contributed by atoms with Gasteiger partial charge in [0.1, 0.15) is 5.75 Å². The summed E-state index contributed by atoms with van der Waals surface area (Å²) in [5, 5.41) is 10.9. The molecule has 3 aromatic rings. The zero-order chi connectivity index (χ0) is 24.5. The highest BCUT2D eigenvalue weighted by molar-refractivity contribution is 5.93. The summed E-state index contributed by atoms with van der Waals surface area (Å²) in [6.45, 7) is 9.08. The van der Waals surface area contributed by atoms with E-state index in [0.717, 1.165) is 94.5 Å². The maximum Gasteiger partial charge on any atom is 0.228 e. The normalized spacial score (nSPS) is 15.0. The van der Waals surface area contributed by atoms with Gasteiger partial charge >= 0.3 is 0 Å². The predicted molar refractivity (Wildman–Crippen MR) is 144 cm³/mol. The van der Waals surface area contributed by atoms with Gasteiger partial charge in [0.15, 0.2) is 0 Å². The van der Waals surface area contributed by atoms with Gasteiger partial charge in [-0.1, -0.05) is 38.0 Å². The molecule has 1 amide bonds. The number of carbonyl (C=O) groups excluding carboxylic acids is 1. The van der Waals surface area contributed by atoms with E-state index in [4.69, 9.17) is 0 Å². The van der Waals surface area contributed by atoms with Crippen molar-refractivity contribution < 1.29 is 9.90 Å². The number of phenolic OH excluding ortho intramolecular Hbond substituents is 1. The molecule has 0 saturated carbocycles. The fraction of sp³-hybridized carbons (Fsp3) is 0.483. The smallest absolute Gasteiger partial charge is 0.228 e. The molecule has 1 fully saturated rings. The summed E-state index contributed by atoms with van der Waals surface area (Å²) < 4.78 is 0. The van der Waals surface area contributed by atoms with Crippen LogP contribution < -0.4 is 4.90 Å². The molecule has 4 rings (SSSR count). The van der Waals surface area contributed by atoms with Crippen LogP contribution in [0.3, 0.4) is 0 Å². The molecule has 6 heteroatoms. The molecule has 35 heavy (non-hydrogen) atoms. The van der Waals surface area contributed by atoms with Gasteiger partial charge in [-0.05, 0) is 61.7 Å². The molecule has 2 N–H and O–H groups in total. The Bertz CT molecular complexity index is 1060. The Labute approximate surface area is 209 Å². The SMILES string of the molecule is CCCCCN(C(=O)CCN1CCN(CCCc2c[nH]c3ccc(O)cc23)CC1)c1ccccc1. The number of anilines is 1. The van der Waals surface area contributed by atoms with Gasteiger partial charge in [-0.15, -0.1) is 0 Å². The van der Waals surface area contributed by atoms with Crippen LogP contribution >= 0.6 is 0 Å². The number of aromatic hydroxyl groups is 1. The van der Waals surface area contributed by atoms with E-state index in [1.807, 2.05) is 47.4 Å². The molecule has 0 spiro atoms. The number of nitrogens with zero attached hydrogens (tertiary/aromatic N) is 3. The lowest BCUT2D eigenvalue weighted by atomic mass is 10.1.